The molecule has 2 rings (SSSR count). The Kier molecular flexibility index (Phi) is 11.4. The Hall–Kier alpha value is -3.07. The summed E-state index contributed by atoms with van der Waals surface area (Å²) < 4.78 is 32.2. The molecule has 0 aliphatic rings. The van der Waals surface area contributed by atoms with Crippen LogP contribution in [-0.4, -0.2) is 56.6 Å². The van der Waals surface area contributed by atoms with Crippen LogP contribution in [0.1, 0.15) is 58.1 Å². The minimum absolute atomic E-state index is 0.000842. The number of ether oxygens (including phenoxy) is 1. The zero-order valence-corrected chi connectivity index (χ0v) is 23.7. The van der Waals surface area contributed by atoms with Crippen molar-refractivity contribution in [3.63, 3.8) is 0 Å². The van der Waals surface area contributed by atoms with Crippen LogP contribution in [0.4, 0.5) is 5.69 Å². The Bertz CT molecular complexity index is 1150. The van der Waals surface area contributed by atoms with E-state index in [1.807, 2.05) is 52.0 Å². The molecule has 0 radical (unpaired) electrons. The molecule has 0 spiro atoms. The molecule has 2 amide bonds. The van der Waals surface area contributed by atoms with Crippen LogP contribution in [0.2, 0.25) is 0 Å². The highest BCUT2D eigenvalue weighted by Gasteiger charge is 2.28. The number of nitrogens with zero attached hydrogens (tertiary/aromatic N) is 2. The predicted molar refractivity (Wildman–Crippen MR) is 148 cm³/mol. The van der Waals surface area contributed by atoms with Crippen LogP contribution in [0.15, 0.2) is 48.5 Å². The van der Waals surface area contributed by atoms with Gasteiger partial charge in [0.15, 0.2) is 0 Å². The van der Waals surface area contributed by atoms with Gasteiger partial charge in [0.25, 0.3) is 0 Å². The van der Waals surface area contributed by atoms with Crippen molar-refractivity contribution >= 4 is 27.5 Å². The average Bonchev–Trinajstić information content (AvgIpc) is 2.85. The Morgan fingerprint density at radius 2 is 1.68 bits per heavy atom. The highest BCUT2D eigenvalue weighted by molar-refractivity contribution is 7.92. The molecule has 1 N–H and O–H groups in total. The minimum Gasteiger partial charge on any atom is -0.492 e. The van der Waals surface area contributed by atoms with Crippen molar-refractivity contribution in [3.8, 4) is 5.75 Å². The molecule has 8 nitrogen and oxygen atoms in total. The van der Waals surface area contributed by atoms with E-state index < -0.39 is 16.1 Å². The fraction of sp³-hybridized carbons (Fsp3) is 0.500. The van der Waals surface area contributed by atoms with Crippen LogP contribution in [0.5, 0.6) is 5.75 Å². The summed E-state index contributed by atoms with van der Waals surface area (Å²) in [5, 5.41) is 2.96. The Balaban J connectivity index is 2.22. The lowest BCUT2D eigenvalue weighted by molar-refractivity contribution is -0.140. The van der Waals surface area contributed by atoms with Crippen molar-refractivity contribution in [2.45, 2.75) is 72.5 Å². The van der Waals surface area contributed by atoms with Gasteiger partial charge in [-0.15, -0.1) is 0 Å². The summed E-state index contributed by atoms with van der Waals surface area (Å²) in [6, 6.07) is 14.1. The Morgan fingerprint density at radius 3 is 2.30 bits per heavy atom. The first-order chi connectivity index (χ1) is 17.5. The van der Waals surface area contributed by atoms with E-state index in [0.29, 0.717) is 24.6 Å². The van der Waals surface area contributed by atoms with Crippen LogP contribution >= 0.6 is 0 Å². The highest BCUT2D eigenvalue weighted by Crippen LogP contribution is 2.30. The topological polar surface area (TPSA) is 96.0 Å². The van der Waals surface area contributed by atoms with Gasteiger partial charge in [0.2, 0.25) is 21.8 Å². The number of rotatable bonds is 14. The first kappa shape index (κ1) is 30.2. The van der Waals surface area contributed by atoms with Crippen molar-refractivity contribution in [1.29, 1.82) is 0 Å². The zero-order valence-electron chi connectivity index (χ0n) is 22.9. The maximum Gasteiger partial charge on any atom is 0.242 e. The van der Waals surface area contributed by atoms with Gasteiger partial charge in [0, 0.05) is 25.6 Å². The molecule has 2 aromatic carbocycles. The van der Waals surface area contributed by atoms with Gasteiger partial charge >= 0.3 is 0 Å². The van der Waals surface area contributed by atoms with Crippen LogP contribution in [0, 0.1) is 6.92 Å². The summed E-state index contributed by atoms with van der Waals surface area (Å²) >= 11 is 0. The summed E-state index contributed by atoms with van der Waals surface area (Å²) in [6.45, 7) is 10.3. The lowest BCUT2D eigenvalue weighted by atomic mass is 10.1. The van der Waals surface area contributed by atoms with Gasteiger partial charge in [0.05, 0.1) is 18.6 Å². The van der Waals surface area contributed by atoms with E-state index in [4.69, 9.17) is 4.74 Å². The van der Waals surface area contributed by atoms with Crippen molar-refractivity contribution in [2.24, 2.45) is 0 Å². The highest BCUT2D eigenvalue weighted by atomic mass is 32.2. The molecular formula is C28H41N3O5S. The van der Waals surface area contributed by atoms with Gasteiger partial charge in [-0.25, -0.2) is 8.42 Å². The number of hydrogen-bond acceptors (Lipinski definition) is 5. The summed E-state index contributed by atoms with van der Waals surface area (Å²) in [4.78, 5) is 28.0. The second kappa shape index (κ2) is 14.0. The molecule has 0 aliphatic carbocycles. The van der Waals surface area contributed by atoms with Crippen molar-refractivity contribution in [3.05, 3.63) is 59.7 Å². The molecule has 0 fully saturated rings. The Labute approximate surface area is 222 Å². The molecule has 0 heterocycles. The molecule has 204 valence electrons. The molecule has 2 atom stereocenters. The third kappa shape index (κ3) is 8.77. The number of benzene rings is 2. The summed E-state index contributed by atoms with van der Waals surface area (Å²) in [6.07, 6.45) is 2.31. The standard InChI is InChI=1S/C28H41N3O5S/c1-7-22(4)29-28(33)23(5)30(20-24-15-10-9-14-21(24)3)27(32)18-13-19-31(37(6,34)35)25-16-11-12-17-26(25)36-8-2/h9-12,14-17,22-23H,7-8,13,18-20H2,1-6H3,(H,29,33)/t22-,23+/m0/s1. The monoisotopic (exact) mass is 531 g/mol. The van der Waals surface area contributed by atoms with Gasteiger partial charge in [-0.2, -0.15) is 0 Å². The number of aryl methyl sites for hydroxylation is 1. The first-order valence-corrected chi connectivity index (χ1v) is 14.7. The van der Waals surface area contributed by atoms with Crippen molar-refractivity contribution in [2.75, 3.05) is 23.7 Å². The molecule has 2 aromatic rings. The number of nitrogens with one attached hydrogen (secondary N) is 1. The van der Waals surface area contributed by atoms with Crippen LogP contribution < -0.4 is 14.4 Å². The van der Waals surface area contributed by atoms with Gasteiger partial charge in [-0.05, 0) is 63.8 Å². The van der Waals surface area contributed by atoms with E-state index in [9.17, 15) is 18.0 Å². The molecule has 0 aliphatic heterocycles. The Morgan fingerprint density at radius 1 is 1.03 bits per heavy atom. The summed E-state index contributed by atoms with van der Waals surface area (Å²) in [7, 11) is -3.61. The average molecular weight is 532 g/mol. The van der Waals surface area contributed by atoms with E-state index in [-0.39, 0.29) is 37.2 Å². The van der Waals surface area contributed by atoms with Crippen LogP contribution in [0.3, 0.4) is 0 Å². The van der Waals surface area contributed by atoms with E-state index in [1.165, 1.54) is 4.31 Å². The molecule has 0 saturated heterocycles. The third-order valence-electron chi connectivity index (χ3n) is 6.36. The quantitative estimate of drug-likeness (QED) is 0.393. The smallest absolute Gasteiger partial charge is 0.242 e. The fourth-order valence-electron chi connectivity index (χ4n) is 3.94. The summed E-state index contributed by atoms with van der Waals surface area (Å²) in [5.74, 6) is 0.0551. The molecule has 37 heavy (non-hydrogen) atoms. The predicted octanol–water partition coefficient (Wildman–Crippen LogP) is 4.27. The van der Waals surface area contributed by atoms with Crippen molar-refractivity contribution in [1.82, 2.24) is 10.2 Å². The van der Waals surface area contributed by atoms with Gasteiger partial charge in [0.1, 0.15) is 11.8 Å². The fourth-order valence-corrected chi connectivity index (χ4v) is 4.91. The second-order valence-electron chi connectivity index (χ2n) is 9.28. The van der Waals surface area contributed by atoms with Gasteiger partial charge in [-0.3, -0.25) is 13.9 Å². The van der Waals surface area contributed by atoms with E-state index >= 15 is 0 Å². The lowest BCUT2D eigenvalue weighted by Crippen LogP contribution is -2.49. The SMILES string of the molecule is CCOc1ccccc1N(CCCC(=O)N(Cc1ccccc1C)[C@H](C)C(=O)N[C@@H](C)CC)S(C)(=O)=O. The molecule has 0 unspecified atom stereocenters. The molecule has 0 bridgehead atoms. The zero-order chi connectivity index (χ0) is 27.6. The molecule has 9 heteroatoms. The van der Waals surface area contributed by atoms with Gasteiger partial charge in [-0.1, -0.05) is 43.3 Å². The van der Waals surface area contributed by atoms with Crippen LogP contribution in [0.25, 0.3) is 0 Å². The summed E-state index contributed by atoms with van der Waals surface area (Å²) in [5.41, 5.74) is 2.44. The largest absolute Gasteiger partial charge is 0.492 e. The van der Waals surface area contributed by atoms with Gasteiger partial charge < -0.3 is 15.0 Å². The number of hydrogen-bond donors (Lipinski definition) is 1. The number of carbonyl (C=O) groups is 2. The number of para-hydroxylation sites is 2. The van der Waals surface area contributed by atoms with Crippen LogP contribution in [-0.2, 0) is 26.2 Å². The van der Waals surface area contributed by atoms with E-state index in [0.717, 1.165) is 23.8 Å². The molecular weight excluding hydrogens is 490 g/mol. The maximum atomic E-state index is 13.5. The molecule has 0 aromatic heterocycles. The van der Waals surface area contributed by atoms with Crippen molar-refractivity contribution < 1.29 is 22.7 Å². The minimum atomic E-state index is -3.61. The van der Waals surface area contributed by atoms with E-state index in [2.05, 4.69) is 5.32 Å². The first-order valence-electron chi connectivity index (χ1n) is 12.8. The number of anilines is 1. The van der Waals surface area contributed by atoms with E-state index in [1.54, 1.807) is 36.1 Å². The lowest BCUT2D eigenvalue weighted by Gasteiger charge is -2.30. The second-order valence-corrected chi connectivity index (χ2v) is 11.2. The number of amides is 2. The third-order valence-corrected chi connectivity index (χ3v) is 7.54. The normalized spacial score (nSPS) is 12.9. The number of sulfonamides is 1. The molecule has 0 saturated carbocycles. The number of carbonyl (C=O) groups excluding carboxylic acids is 2. The maximum absolute atomic E-state index is 13.5.